The van der Waals surface area contributed by atoms with Crippen LogP contribution < -0.4 is 10.2 Å². The van der Waals surface area contributed by atoms with E-state index in [0.717, 1.165) is 43.5 Å². The number of hydrogen-bond acceptors (Lipinski definition) is 5. The van der Waals surface area contributed by atoms with Gasteiger partial charge in [-0.15, -0.1) is 0 Å². The summed E-state index contributed by atoms with van der Waals surface area (Å²) in [5, 5.41) is 14.7. The van der Waals surface area contributed by atoms with Crippen molar-refractivity contribution in [1.82, 2.24) is 0 Å². The molecule has 4 rings (SSSR count). The first-order chi connectivity index (χ1) is 13.6. The number of hydrogen-bond donors (Lipinski definition) is 1. The van der Waals surface area contributed by atoms with Crippen molar-refractivity contribution in [3.05, 3.63) is 63.7 Å². The van der Waals surface area contributed by atoms with Gasteiger partial charge in [-0.2, -0.15) is 0 Å². The molecule has 0 radical (unpaired) electrons. The van der Waals surface area contributed by atoms with Crippen molar-refractivity contribution >= 4 is 23.0 Å². The number of fused-ring (bicyclic) bond motifs is 1. The first-order valence-electron chi connectivity index (χ1n) is 9.67. The zero-order valence-corrected chi connectivity index (χ0v) is 15.6. The Balaban J connectivity index is 1.57. The summed E-state index contributed by atoms with van der Waals surface area (Å²) in [5.41, 5.74) is 2.67. The Kier molecular flexibility index (Phi) is 5.25. The summed E-state index contributed by atoms with van der Waals surface area (Å²) in [5.74, 6) is -0.207. The van der Waals surface area contributed by atoms with E-state index >= 15 is 0 Å². The molecule has 1 amide bonds. The molecule has 0 saturated carbocycles. The van der Waals surface area contributed by atoms with Crippen LogP contribution in [-0.2, 0) is 11.2 Å². The fraction of sp³-hybridized carbons (Fsp3) is 0.381. The number of nitro groups is 1. The molecule has 2 heterocycles. The summed E-state index contributed by atoms with van der Waals surface area (Å²) in [4.78, 5) is 25.9. The van der Waals surface area contributed by atoms with Gasteiger partial charge in [0.25, 0.3) is 11.6 Å². The van der Waals surface area contributed by atoms with Crippen molar-refractivity contribution in [2.75, 3.05) is 29.9 Å². The van der Waals surface area contributed by atoms with E-state index in [9.17, 15) is 14.9 Å². The molecule has 2 aliphatic rings. The van der Waals surface area contributed by atoms with Crippen LogP contribution in [0, 0.1) is 10.1 Å². The lowest BCUT2D eigenvalue weighted by Crippen LogP contribution is -2.35. The summed E-state index contributed by atoms with van der Waals surface area (Å²) < 4.78 is 5.56. The molecule has 1 atom stereocenters. The molecule has 1 saturated heterocycles. The molecule has 2 aromatic carbocycles. The van der Waals surface area contributed by atoms with Crippen LogP contribution in [0.5, 0.6) is 0 Å². The fourth-order valence-corrected chi connectivity index (χ4v) is 3.89. The molecule has 7 nitrogen and oxygen atoms in total. The molecule has 0 aromatic heterocycles. The van der Waals surface area contributed by atoms with Gasteiger partial charge in [-0.25, -0.2) is 0 Å². The van der Waals surface area contributed by atoms with Crippen molar-refractivity contribution in [3.8, 4) is 0 Å². The van der Waals surface area contributed by atoms with Gasteiger partial charge >= 0.3 is 0 Å². The summed E-state index contributed by atoms with van der Waals surface area (Å²) in [6.07, 6.45) is 3.86. The van der Waals surface area contributed by atoms with Crippen LogP contribution in [0.1, 0.15) is 35.2 Å². The van der Waals surface area contributed by atoms with Crippen molar-refractivity contribution in [2.24, 2.45) is 0 Å². The second-order valence-corrected chi connectivity index (χ2v) is 7.19. The first kappa shape index (κ1) is 18.4. The molecule has 146 valence electrons. The summed E-state index contributed by atoms with van der Waals surface area (Å²) >= 11 is 0. The number of anilines is 2. The quantitative estimate of drug-likeness (QED) is 0.629. The zero-order valence-electron chi connectivity index (χ0n) is 15.6. The second kappa shape index (κ2) is 7.98. The second-order valence-electron chi connectivity index (χ2n) is 7.19. The summed E-state index contributed by atoms with van der Waals surface area (Å²) in [6, 6.07) is 12.5. The average Bonchev–Trinajstić information content (AvgIpc) is 3.25. The smallest absolute Gasteiger partial charge is 0.293 e. The van der Waals surface area contributed by atoms with E-state index in [2.05, 4.69) is 5.32 Å². The molecule has 2 aliphatic heterocycles. The SMILES string of the molecule is O=C(c1ccc(NC[C@H]2CCCO2)c([N+](=O)[O-])c1)N1CCCc2ccccc21. The third kappa shape index (κ3) is 3.71. The Morgan fingerprint density at radius 2 is 2.11 bits per heavy atom. The Morgan fingerprint density at radius 3 is 2.89 bits per heavy atom. The van der Waals surface area contributed by atoms with Gasteiger partial charge in [0.05, 0.1) is 11.0 Å². The monoisotopic (exact) mass is 381 g/mol. The van der Waals surface area contributed by atoms with Crippen LogP contribution in [0.4, 0.5) is 17.1 Å². The van der Waals surface area contributed by atoms with Gasteiger partial charge < -0.3 is 15.0 Å². The van der Waals surface area contributed by atoms with Gasteiger partial charge in [0.1, 0.15) is 5.69 Å². The van der Waals surface area contributed by atoms with Crippen molar-refractivity contribution < 1.29 is 14.5 Å². The highest BCUT2D eigenvalue weighted by atomic mass is 16.6. The maximum atomic E-state index is 13.1. The number of nitrogens with one attached hydrogen (secondary N) is 1. The number of aryl methyl sites for hydroxylation is 1. The number of rotatable bonds is 5. The molecule has 0 aliphatic carbocycles. The molecule has 2 aromatic rings. The molecule has 1 fully saturated rings. The Bertz CT molecular complexity index is 893. The van der Waals surface area contributed by atoms with Gasteiger partial charge in [0.15, 0.2) is 0 Å². The number of carbonyl (C=O) groups excluding carboxylic acids is 1. The minimum Gasteiger partial charge on any atom is -0.377 e. The van der Waals surface area contributed by atoms with Crippen molar-refractivity contribution in [1.29, 1.82) is 0 Å². The van der Waals surface area contributed by atoms with Crippen molar-refractivity contribution in [2.45, 2.75) is 31.8 Å². The fourth-order valence-electron chi connectivity index (χ4n) is 3.89. The lowest BCUT2D eigenvalue weighted by atomic mass is 10.0. The summed E-state index contributed by atoms with van der Waals surface area (Å²) in [6.45, 7) is 1.87. The Labute approximate surface area is 163 Å². The minimum absolute atomic E-state index is 0.0748. The average molecular weight is 381 g/mol. The van der Waals surface area contributed by atoms with Crippen LogP contribution in [0.15, 0.2) is 42.5 Å². The van der Waals surface area contributed by atoms with Gasteiger partial charge in [0, 0.05) is 37.0 Å². The van der Waals surface area contributed by atoms with Crippen LogP contribution in [0.2, 0.25) is 0 Å². The highest BCUT2D eigenvalue weighted by molar-refractivity contribution is 6.07. The van der Waals surface area contributed by atoms with Gasteiger partial charge in [-0.3, -0.25) is 14.9 Å². The third-order valence-electron chi connectivity index (χ3n) is 5.34. The van der Waals surface area contributed by atoms with Gasteiger partial charge in [-0.05, 0) is 49.4 Å². The number of nitro benzene ring substituents is 1. The Hall–Kier alpha value is -2.93. The number of ether oxygens (including phenoxy) is 1. The third-order valence-corrected chi connectivity index (χ3v) is 5.34. The molecule has 0 bridgehead atoms. The first-order valence-corrected chi connectivity index (χ1v) is 9.67. The maximum absolute atomic E-state index is 13.1. The van der Waals surface area contributed by atoms with E-state index in [0.29, 0.717) is 24.3 Å². The van der Waals surface area contributed by atoms with Crippen LogP contribution in [0.3, 0.4) is 0 Å². The number of benzene rings is 2. The molecular weight excluding hydrogens is 358 g/mol. The van der Waals surface area contributed by atoms with Gasteiger partial charge in [-0.1, -0.05) is 18.2 Å². The molecular formula is C21H23N3O4. The highest BCUT2D eigenvalue weighted by Crippen LogP contribution is 2.31. The summed E-state index contributed by atoms with van der Waals surface area (Å²) in [7, 11) is 0. The number of amides is 1. The number of carbonyl (C=O) groups is 1. The van der Waals surface area contributed by atoms with Crippen molar-refractivity contribution in [3.63, 3.8) is 0 Å². The van der Waals surface area contributed by atoms with Crippen LogP contribution in [0.25, 0.3) is 0 Å². The van der Waals surface area contributed by atoms with E-state index < -0.39 is 4.92 Å². The largest absolute Gasteiger partial charge is 0.377 e. The molecule has 0 unspecified atom stereocenters. The maximum Gasteiger partial charge on any atom is 0.293 e. The minimum atomic E-state index is -0.446. The van der Waals surface area contributed by atoms with Crippen LogP contribution >= 0.6 is 0 Å². The highest BCUT2D eigenvalue weighted by Gasteiger charge is 2.26. The predicted molar refractivity (Wildman–Crippen MR) is 107 cm³/mol. The number of nitrogens with zero attached hydrogens (tertiary/aromatic N) is 2. The lowest BCUT2D eigenvalue weighted by molar-refractivity contribution is -0.384. The van der Waals surface area contributed by atoms with E-state index in [1.165, 1.54) is 6.07 Å². The lowest BCUT2D eigenvalue weighted by Gasteiger charge is -2.29. The van der Waals surface area contributed by atoms with Crippen LogP contribution in [-0.4, -0.2) is 36.6 Å². The van der Waals surface area contributed by atoms with E-state index in [4.69, 9.17) is 4.74 Å². The Morgan fingerprint density at radius 1 is 1.25 bits per heavy atom. The predicted octanol–water partition coefficient (Wildman–Crippen LogP) is 3.78. The standard InChI is InChI=1S/C21H23N3O4/c25-21(23-11-3-6-15-5-1-2-8-19(15)23)16-9-10-18(20(13-16)24(26)27)22-14-17-7-4-12-28-17/h1-2,5,8-10,13,17,22H,3-4,6-7,11-12,14H2/t17-/m1/s1. The number of para-hydroxylation sites is 1. The molecule has 7 heteroatoms. The topological polar surface area (TPSA) is 84.7 Å². The van der Waals surface area contributed by atoms with Gasteiger partial charge in [0.2, 0.25) is 0 Å². The molecule has 1 N–H and O–H groups in total. The normalized spacial score (nSPS) is 18.6. The molecule has 0 spiro atoms. The van der Waals surface area contributed by atoms with E-state index in [-0.39, 0.29) is 17.7 Å². The zero-order chi connectivity index (χ0) is 19.5. The van der Waals surface area contributed by atoms with E-state index in [1.807, 2.05) is 24.3 Å². The van der Waals surface area contributed by atoms with E-state index in [1.54, 1.807) is 17.0 Å². The molecule has 28 heavy (non-hydrogen) atoms.